The minimum Gasteiger partial charge on any atom is -0.275 e. The average Bonchev–Trinajstić information content (AvgIpc) is 3.12. The van der Waals surface area contributed by atoms with Gasteiger partial charge in [0.05, 0.1) is 11.3 Å². The summed E-state index contributed by atoms with van der Waals surface area (Å²) < 4.78 is 62.5. The topological polar surface area (TPSA) is 146 Å². The molecule has 2 heterocycles. The van der Waals surface area contributed by atoms with Crippen molar-refractivity contribution in [1.29, 1.82) is 0 Å². The largest absolute Gasteiger partial charge is 0.300 e. The molecule has 0 bridgehead atoms. The van der Waals surface area contributed by atoms with Gasteiger partial charge in [-0.1, -0.05) is 12.1 Å². The van der Waals surface area contributed by atoms with Crippen LogP contribution < -0.4 is 14.2 Å². The molecular weight excluding hydrogens is 459 g/mol. The summed E-state index contributed by atoms with van der Waals surface area (Å²) in [4.78, 5) is 3.96. The SMILES string of the molecule is CNS(=O)(=O)Cl.CNS(=O)(=O)Nc1n[nH]c(-c2ccncc2)c1-c1ccc(F)cc1. The van der Waals surface area contributed by atoms with Crippen molar-refractivity contribution in [3.05, 3.63) is 54.6 Å². The molecule has 2 aromatic heterocycles. The first-order chi connectivity index (χ1) is 14.1. The lowest BCUT2D eigenvalue weighted by Crippen LogP contribution is -2.26. The van der Waals surface area contributed by atoms with Crippen LogP contribution in [0.15, 0.2) is 48.8 Å². The molecule has 1 aromatic carbocycles. The summed E-state index contributed by atoms with van der Waals surface area (Å²) in [6.07, 6.45) is 3.23. The van der Waals surface area contributed by atoms with E-state index in [1.54, 1.807) is 36.7 Å². The van der Waals surface area contributed by atoms with Crippen molar-refractivity contribution in [2.24, 2.45) is 0 Å². The summed E-state index contributed by atoms with van der Waals surface area (Å²) >= 11 is 0. The second kappa shape index (κ2) is 9.95. The summed E-state index contributed by atoms with van der Waals surface area (Å²) in [5, 5.41) is 6.88. The van der Waals surface area contributed by atoms with Crippen LogP contribution in [-0.4, -0.2) is 46.1 Å². The van der Waals surface area contributed by atoms with Gasteiger partial charge in [-0.2, -0.15) is 21.9 Å². The molecule has 0 amide bonds. The van der Waals surface area contributed by atoms with Crippen LogP contribution in [0.1, 0.15) is 0 Å². The zero-order valence-electron chi connectivity index (χ0n) is 15.7. The number of hydrogen-bond donors (Lipinski definition) is 4. The van der Waals surface area contributed by atoms with Crippen molar-refractivity contribution in [3.63, 3.8) is 0 Å². The molecule has 3 aromatic rings. The maximum atomic E-state index is 13.2. The zero-order chi connectivity index (χ0) is 22.4. The lowest BCUT2D eigenvalue weighted by atomic mass is 10.0. The van der Waals surface area contributed by atoms with Gasteiger partial charge in [0.1, 0.15) is 5.82 Å². The maximum absolute atomic E-state index is 13.2. The lowest BCUT2D eigenvalue weighted by molar-refractivity contribution is 0.593. The van der Waals surface area contributed by atoms with Crippen molar-refractivity contribution in [3.8, 4) is 22.4 Å². The second-order valence-corrected chi connectivity index (χ2v) is 9.64. The van der Waals surface area contributed by atoms with Crippen LogP contribution in [0, 0.1) is 5.82 Å². The van der Waals surface area contributed by atoms with Crippen LogP contribution in [0.2, 0.25) is 0 Å². The predicted molar refractivity (Wildman–Crippen MR) is 113 cm³/mol. The minimum absolute atomic E-state index is 0.114. The Kier molecular flexibility index (Phi) is 7.86. The van der Waals surface area contributed by atoms with Gasteiger partial charge in [-0.05, 0) is 29.8 Å². The number of anilines is 1. The van der Waals surface area contributed by atoms with E-state index in [-0.39, 0.29) is 11.6 Å². The van der Waals surface area contributed by atoms with E-state index in [0.29, 0.717) is 16.8 Å². The number of halogens is 2. The fourth-order valence-electron chi connectivity index (χ4n) is 2.22. The number of nitrogens with one attached hydrogen (secondary N) is 4. The lowest BCUT2D eigenvalue weighted by Gasteiger charge is -2.08. The van der Waals surface area contributed by atoms with E-state index in [0.717, 1.165) is 5.56 Å². The summed E-state index contributed by atoms with van der Waals surface area (Å²) in [7, 11) is -0.0836. The molecule has 162 valence electrons. The molecule has 0 fully saturated rings. The third kappa shape index (κ3) is 6.74. The number of rotatable bonds is 6. The van der Waals surface area contributed by atoms with Gasteiger partial charge in [0.2, 0.25) is 0 Å². The van der Waals surface area contributed by atoms with Crippen molar-refractivity contribution >= 4 is 35.9 Å². The average molecular weight is 477 g/mol. The molecule has 0 aliphatic carbocycles. The van der Waals surface area contributed by atoms with Crippen LogP contribution in [0.25, 0.3) is 22.4 Å². The third-order valence-corrected chi connectivity index (χ3v) is 5.56. The smallest absolute Gasteiger partial charge is 0.275 e. The van der Waals surface area contributed by atoms with Crippen molar-refractivity contribution in [1.82, 2.24) is 24.6 Å². The predicted octanol–water partition coefficient (Wildman–Crippen LogP) is 1.84. The highest BCUT2D eigenvalue weighted by Crippen LogP contribution is 2.36. The number of hydrogen-bond acceptors (Lipinski definition) is 6. The van der Waals surface area contributed by atoms with Gasteiger partial charge < -0.3 is 0 Å². The van der Waals surface area contributed by atoms with Gasteiger partial charge in [-0.15, -0.1) is 0 Å². The van der Waals surface area contributed by atoms with Gasteiger partial charge in [0, 0.05) is 42.7 Å². The standard InChI is InChI=1S/C15H14FN5O2S.CH4ClNO2S/c1-17-24(22,23)21-15-13(10-2-4-12(16)5-3-10)14(19-20-15)11-6-8-18-9-7-11;1-3-6(2,4)5/h2-9,17H,1H3,(H2,19,20,21);3H,1H3. The molecule has 0 unspecified atom stereocenters. The summed E-state index contributed by atoms with van der Waals surface area (Å²) in [6.45, 7) is 0. The van der Waals surface area contributed by atoms with Gasteiger partial charge in [-0.3, -0.25) is 14.8 Å². The monoisotopic (exact) mass is 476 g/mol. The van der Waals surface area contributed by atoms with Gasteiger partial charge in [0.15, 0.2) is 5.82 Å². The molecule has 0 spiro atoms. The van der Waals surface area contributed by atoms with Gasteiger partial charge >= 0.3 is 0 Å². The van der Waals surface area contributed by atoms with E-state index >= 15 is 0 Å². The van der Waals surface area contributed by atoms with E-state index in [9.17, 15) is 21.2 Å². The Labute approximate surface area is 177 Å². The first kappa shape index (κ1) is 23.7. The Hall–Kier alpha value is -2.58. The van der Waals surface area contributed by atoms with Gasteiger partial charge in [0.25, 0.3) is 19.4 Å². The zero-order valence-corrected chi connectivity index (χ0v) is 18.1. The normalized spacial score (nSPS) is 11.5. The molecule has 30 heavy (non-hydrogen) atoms. The highest BCUT2D eigenvalue weighted by atomic mass is 35.7. The molecule has 4 N–H and O–H groups in total. The number of nitrogens with zero attached hydrogens (tertiary/aromatic N) is 2. The fraction of sp³-hybridized carbons (Fsp3) is 0.125. The van der Waals surface area contributed by atoms with Crippen LogP contribution in [0.5, 0.6) is 0 Å². The summed E-state index contributed by atoms with van der Waals surface area (Å²) in [5.41, 5.74) is 2.50. The molecule has 0 radical (unpaired) electrons. The quantitative estimate of drug-likeness (QED) is 0.399. The molecule has 0 saturated carbocycles. The van der Waals surface area contributed by atoms with Crippen molar-refractivity contribution in [2.75, 3.05) is 18.8 Å². The molecule has 14 heteroatoms. The van der Waals surface area contributed by atoms with Crippen molar-refractivity contribution in [2.45, 2.75) is 0 Å². The van der Waals surface area contributed by atoms with Crippen molar-refractivity contribution < 1.29 is 21.2 Å². The summed E-state index contributed by atoms with van der Waals surface area (Å²) in [5.74, 6) is -0.271. The Balaban J connectivity index is 0.000000469. The van der Waals surface area contributed by atoms with Crippen LogP contribution in [0.3, 0.4) is 0 Å². The van der Waals surface area contributed by atoms with E-state index < -0.39 is 19.4 Å². The first-order valence-corrected chi connectivity index (χ1v) is 11.9. The molecule has 10 nitrogen and oxygen atoms in total. The van der Waals surface area contributed by atoms with E-state index in [2.05, 4.69) is 35.3 Å². The highest BCUT2D eigenvalue weighted by Gasteiger charge is 2.20. The molecule has 0 aliphatic heterocycles. The van der Waals surface area contributed by atoms with E-state index in [1.807, 2.05) is 4.72 Å². The Morgan fingerprint density at radius 2 is 1.50 bits per heavy atom. The fourth-order valence-corrected chi connectivity index (χ4v) is 2.72. The van der Waals surface area contributed by atoms with E-state index in [4.69, 9.17) is 0 Å². The summed E-state index contributed by atoms with van der Waals surface area (Å²) in [6, 6.07) is 9.24. The number of aromatic amines is 1. The molecular formula is C16H18ClFN6O4S2. The molecule has 0 atom stereocenters. The number of aromatic nitrogens is 3. The van der Waals surface area contributed by atoms with E-state index in [1.165, 1.54) is 26.2 Å². The number of H-pyrrole nitrogens is 1. The third-order valence-electron chi connectivity index (χ3n) is 3.61. The second-order valence-electron chi connectivity index (χ2n) is 5.52. The Bertz CT molecular complexity index is 1190. The maximum Gasteiger partial charge on any atom is 0.300 e. The van der Waals surface area contributed by atoms with Crippen LogP contribution in [0.4, 0.5) is 10.2 Å². The Morgan fingerprint density at radius 1 is 0.933 bits per heavy atom. The molecule has 0 saturated heterocycles. The minimum atomic E-state index is -3.75. The highest BCUT2D eigenvalue weighted by molar-refractivity contribution is 8.12. The molecule has 3 rings (SSSR count). The van der Waals surface area contributed by atoms with Crippen LogP contribution in [-0.2, 0) is 19.4 Å². The molecule has 0 aliphatic rings. The Morgan fingerprint density at radius 3 is 2.00 bits per heavy atom. The number of benzene rings is 1. The van der Waals surface area contributed by atoms with Gasteiger partial charge in [-0.25, -0.2) is 13.8 Å². The first-order valence-electron chi connectivity index (χ1n) is 8.15. The van der Waals surface area contributed by atoms with Crippen LogP contribution >= 0.6 is 10.7 Å². The number of pyridine rings is 1.